The Kier molecular flexibility index (Phi) is 4.55. The summed E-state index contributed by atoms with van der Waals surface area (Å²) in [5.74, 6) is 1.56. The van der Waals surface area contributed by atoms with Crippen molar-refractivity contribution in [3.05, 3.63) is 41.2 Å². The number of nitrogens with zero attached hydrogens (tertiary/aromatic N) is 4. The van der Waals surface area contributed by atoms with E-state index >= 15 is 0 Å². The predicted octanol–water partition coefficient (Wildman–Crippen LogP) is 1.71. The van der Waals surface area contributed by atoms with Crippen LogP contribution in [0.5, 0.6) is 0 Å². The van der Waals surface area contributed by atoms with Crippen molar-refractivity contribution in [2.75, 3.05) is 6.54 Å². The monoisotopic (exact) mass is 273 g/mol. The Balaban J connectivity index is 2.13. The summed E-state index contributed by atoms with van der Waals surface area (Å²) < 4.78 is 2.00. The number of rotatable bonds is 5. The van der Waals surface area contributed by atoms with Gasteiger partial charge in [-0.05, 0) is 18.6 Å². The predicted molar refractivity (Wildman–Crippen MR) is 74.5 cm³/mol. The van der Waals surface area contributed by atoms with Crippen molar-refractivity contribution in [2.24, 2.45) is 5.73 Å². The van der Waals surface area contributed by atoms with E-state index in [4.69, 9.17) is 11.0 Å². The van der Waals surface area contributed by atoms with Crippen LogP contribution < -0.4 is 5.73 Å². The topological polar surface area (TPSA) is 80.5 Å². The number of hydrogen-bond donors (Lipinski definition) is 1. The van der Waals surface area contributed by atoms with Gasteiger partial charge in [-0.2, -0.15) is 5.26 Å². The lowest BCUT2D eigenvalue weighted by Gasteiger charge is -2.07. The normalized spacial score (nSPS) is 10.4. The first-order valence-electron chi connectivity index (χ1n) is 5.97. The lowest BCUT2D eigenvalue weighted by atomic mass is 10.1. The molecule has 0 atom stereocenters. The van der Waals surface area contributed by atoms with Gasteiger partial charge in [0.1, 0.15) is 5.82 Å². The number of nitrogens with two attached hydrogens (primary N) is 1. The van der Waals surface area contributed by atoms with Gasteiger partial charge in [0, 0.05) is 18.8 Å². The number of aromatic nitrogens is 3. The molecule has 0 fully saturated rings. The zero-order valence-corrected chi connectivity index (χ0v) is 11.5. The molecule has 0 amide bonds. The maximum absolute atomic E-state index is 9.05. The fourth-order valence-electron chi connectivity index (χ4n) is 1.75. The van der Waals surface area contributed by atoms with Crippen molar-refractivity contribution >= 4 is 11.8 Å². The first kappa shape index (κ1) is 13.6. The standard InChI is InChI=1S/C13H15N5S/c1-10-16-17-13(18(10)7-6-14)19-9-12-5-3-2-4-11(12)8-15/h2-5H,6-7,9,14H2,1H3. The van der Waals surface area contributed by atoms with E-state index in [1.165, 1.54) is 0 Å². The van der Waals surface area contributed by atoms with Crippen molar-refractivity contribution in [1.29, 1.82) is 5.26 Å². The zero-order chi connectivity index (χ0) is 13.7. The second-order valence-corrected chi connectivity index (χ2v) is 4.97. The van der Waals surface area contributed by atoms with Crippen LogP contribution in [0.4, 0.5) is 0 Å². The minimum Gasteiger partial charge on any atom is -0.329 e. The second kappa shape index (κ2) is 6.36. The summed E-state index contributed by atoms with van der Waals surface area (Å²) in [4.78, 5) is 0. The van der Waals surface area contributed by atoms with Gasteiger partial charge < -0.3 is 10.3 Å². The first-order chi connectivity index (χ1) is 9.26. The largest absolute Gasteiger partial charge is 0.329 e. The van der Waals surface area contributed by atoms with Gasteiger partial charge in [-0.1, -0.05) is 30.0 Å². The molecule has 0 radical (unpaired) electrons. The summed E-state index contributed by atoms with van der Waals surface area (Å²) in [6.45, 7) is 3.18. The molecule has 0 saturated carbocycles. The quantitative estimate of drug-likeness (QED) is 0.839. The van der Waals surface area contributed by atoms with Crippen LogP contribution >= 0.6 is 11.8 Å². The number of benzene rings is 1. The molecular weight excluding hydrogens is 258 g/mol. The van der Waals surface area contributed by atoms with Crippen LogP contribution in [-0.2, 0) is 12.3 Å². The summed E-state index contributed by atoms with van der Waals surface area (Å²) in [6, 6.07) is 9.79. The molecule has 2 aromatic rings. The van der Waals surface area contributed by atoms with E-state index in [1.54, 1.807) is 11.8 Å². The van der Waals surface area contributed by atoms with Crippen LogP contribution in [0.3, 0.4) is 0 Å². The van der Waals surface area contributed by atoms with E-state index in [0.717, 1.165) is 16.5 Å². The molecule has 98 valence electrons. The fraction of sp³-hybridized carbons (Fsp3) is 0.308. The Morgan fingerprint density at radius 1 is 1.37 bits per heavy atom. The van der Waals surface area contributed by atoms with E-state index in [9.17, 15) is 0 Å². The van der Waals surface area contributed by atoms with Gasteiger partial charge in [-0.15, -0.1) is 10.2 Å². The molecule has 0 aliphatic heterocycles. The lowest BCUT2D eigenvalue weighted by Crippen LogP contribution is -2.12. The maximum Gasteiger partial charge on any atom is 0.191 e. The molecule has 0 spiro atoms. The Hall–Kier alpha value is -1.84. The summed E-state index contributed by atoms with van der Waals surface area (Å²) in [5, 5.41) is 18.1. The van der Waals surface area contributed by atoms with Crippen molar-refractivity contribution < 1.29 is 0 Å². The Morgan fingerprint density at radius 2 is 2.16 bits per heavy atom. The minimum atomic E-state index is 0.557. The van der Waals surface area contributed by atoms with Gasteiger partial charge in [-0.3, -0.25) is 0 Å². The molecule has 0 bridgehead atoms. The molecule has 0 aliphatic carbocycles. The molecule has 2 N–H and O–H groups in total. The van der Waals surface area contributed by atoms with E-state index in [2.05, 4.69) is 16.3 Å². The third-order valence-corrected chi connectivity index (χ3v) is 3.76. The van der Waals surface area contributed by atoms with Crippen LogP contribution in [0.1, 0.15) is 17.0 Å². The molecule has 1 heterocycles. The molecule has 6 heteroatoms. The first-order valence-corrected chi connectivity index (χ1v) is 6.95. The van der Waals surface area contributed by atoms with Crippen LogP contribution in [0.25, 0.3) is 0 Å². The molecule has 1 aromatic carbocycles. The van der Waals surface area contributed by atoms with Crippen LogP contribution in [0.2, 0.25) is 0 Å². The van der Waals surface area contributed by atoms with Crippen LogP contribution in [0.15, 0.2) is 29.4 Å². The summed E-state index contributed by atoms with van der Waals surface area (Å²) in [5.41, 5.74) is 7.30. The molecule has 19 heavy (non-hydrogen) atoms. The maximum atomic E-state index is 9.05. The highest BCUT2D eigenvalue weighted by Gasteiger charge is 2.10. The fourth-order valence-corrected chi connectivity index (χ4v) is 2.77. The molecule has 0 aliphatic rings. The molecule has 5 nitrogen and oxygen atoms in total. The van der Waals surface area contributed by atoms with Gasteiger partial charge in [-0.25, -0.2) is 0 Å². The van der Waals surface area contributed by atoms with E-state index in [1.807, 2.05) is 35.8 Å². The number of nitriles is 1. The van der Waals surface area contributed by atoms with Gasteiger partial charge in [0.15, 0.2) is 5.16 Å². The van der Waals surface area contributed by atoms with Crippen molar-refractivity contribution in [2.45, 2.75) is 24.4 Å². The van der Waals surface area contributed by atoms with Crippen LogP contribution in [0, 0.1) is 18.3 Å². The average Bonchev–Trinajstić information content (AvgIpc) is 2.78. The van der Waals surface area contributed by atoms with Crippen molar-refractivity contribution in [3.63, 3.8) is 0 Å². The molecule has 1 aromatic heterocycles. The van der Waals surface area contributed by atoms with Gasteiger partial charge >= 0.3 is 0 Å². The van der Waals surface area contributed by atoms with Gasteiger partial charge in [0.05, 0.1) is 11.6 Å². The Bertz CT molecular complexity index is 599. The zero-order valence-electron chi connectivity index (χ0n) is 10.7. The summed E-state index contributed by atoms with van der Waals surface area (Å²) in [7, 11) is 0. The number of hydrogen-bond acceptors (Lipinski definition) is 5. The van der Waals surface area contributed by atoms with E-state index in [0.29, 0.717) is 24.4 Å². The number of aryl methyl sites for hydroxylation is 1. The smallest absolute Gasteiger partial charge is 0.191 e. The summed E-state index contributed by atoms with van der Waals surface area (Å²) in [6.07, 6.45) is 0. The van der Waals surface area contributed by atoms with Crippen LogP contribution in [-0.4, -0.2) is 21.3 Å². The molecular formula is C13H15N5S. The van der Waals surface area contributed by atoms with E-state index in [-0.39, 0.29) is 0 Å². The second-order valence-electron chi connectivity index (χ2n) is 4.03. The minimum absolute atomic E-state index is 0.557. The van der Waals surface area contributed by atoms with Crippen molar-refractivity contribution in [3.8, 4) is 6.07 Å². The highest BCUT2D eigenvalue weighted by atomic mass is 32.2. The summed E-state index contributed by atoms with van der Waals surface area (Å²) >= 11 is 1.57. The average molecular weight is 273 g/mol. The molecule has 0 unspecified atom stereocenters. The lowest BCUT2D eigenvalue weighted by molar-refractivity contribution is 0.627. The Morgan fingerprint density at radius 3 is 2.89 bits per heavy atom. The van der Waals surface area contributed by atoms with Gasteiger partial charge in [0.2, 0.25) is 0 Å². The highest BCUT2D eigenvalue weighted by Crippen LogP contribution is 2.23. The van der Waals surface area contributed by atoms with E-state index < -0.39 is 0 Å². The SMILES string of the molecule is Cc1nnc(SCc2ccccc2C#N)n1CCN. The molecule has 0 saturated heterocycles. The highest BCUT2D eigenvalue weighted by molar-refractivity contribution is 7.98. The molecule has 2 rings (SSSR count). The third-order valence-electron chi connectivity index (χ3n) is 2.75. The third kappa shape index (κ3) is 3.13. The van der Waals surface area contributed by atoms with Crippen molar-refractivity contribution in [1.82, 2.24) is 14.8 Å². The van der Waals surface area contributed by atoms with Gasteiger partial charge in [0.25, 0.3) is 0 Å². The Labute approximate surface area is 116 Å². The number of thioether (sulfide) groups is 1.